The molecular formula is C10H10N2O3. The lowest BCUT2D eigenvalue weighted by Crippen LogP contribution is -2.12. The van der Waals surface area contributed by atoms with E-state index < -0.39 is 0 Å². The van der Waals surface area contributed by atoms with Crippen LogP contribution in [0, 0.1) is 0 Å². The number of nitrogens with zero attached hydrogens (tertiary/aromatic N) is 1. The van der Waals surface area contributed by atoms with Gasteiger partial charge in [0.2, 0.25) is 12.7 Å². The molecule has 0 radical (unpaired) electrons. The second-order valence-corrected chi connectivity index (χ2v) is 3.04. The quantitative estimate of drug-likeness (QED) is 0.577. The minimum atomic E-state index is -0.202. The predicted octanol–water partition coefficient (Wildman–Crippen LogP) is 0.885. The standard InChI is InChI=1S/C10H10N2O3/c1-7(13)12-11-5-8-2-3-9-10(4-8)15-6-14-9/h2-5H,6H2,1H3,(H,12,13)/b11-5-. The van der Waals surface area contributed by atoms with Crippen molar-refractivity contribution in [3.05, 3.63) is 23.8 Å². The summed E-state index contributed by atoms with van der Waals surface area (Å²) < 4.78 is 10.4. The maximum Gasteiger partial charge on any atom is 0.236 e. The van der Waals surface area contributed by atoms with Gasteiger partial charge in [-0.1, -0.05) is 0 Å². The van der Waals surface area contributed by atoms with E-state index in [1.807, 2.05) is 6.07 Å². The van der Waals surface area contributed by atoms with Crippen LogP contribution in [0.4, 0.5) is 0 Å². The minimum absolute atomic E-state index is 0.202. The lowest BCUT2D eigenvalue weighted by molar-refractivity contribution is -0.118. The Kier molecular flexibility index (Phi) is 2.53. The molecule has 5 heteroatoms. The molecule has 5 nitrogen and oxygen atoms in total. The molecule has 2 rings (SSSR count). The Bertz CT molecular complexity index is 415. The van der Waals surface area contributed by atoms with Crippen molar-refractivity contribution in [1.82, 2.24) is 5.43 Å². The molecule has 1 aromatic rings. The third-order valence-electron chi connectivity index (χ3n) is 1.83. The first kappa shape index (κ1) is 9.51. The van der Waals surface area contributed by atoms with Crippen molar-refractivity contribution in [3.63, 3.8) is 0 Å². The van der Waals surface area contributed by atoms with E-state index in [0.29, 0.717) is 5.75 Å². The van der Waals surface area contributed by atoms with Crippen LogP contribution in [0.15, 0.2) is 23.3 Å². The molecule has 78 valence electrons. The molecule has 0 spiro atoms. The molecule has 15 heavy (non-hydrogen) atoms. The highest BCUT2D eigenvalue weighted by Crippen LogP contribution is 2.31. The van der Waals surface area contributed by atoms with Gasteiger partial charge in [-0.05, 0) is 23.8 Å². The fraction of sp³-hybridized carbons (Fsp3) is 0.200. The van der Waals surface area contributed by atoms with Gasteiger partial charge in [0.25, 0.3) is 0 Å². The number of nitrogens with one attached hydrogen (secondary N) is 1. The molecule has 0 saturated heterocycles. The van der Waals surface area contributed by atoms with E-state index in [4.69, 9.17) is 9.47 Å². The summed E-state index contributed by atoms with van der Waals surface area (Å²) in [5.41, 5.74) is 3.16. The number of hydrogen-bond donors (Lipinski definition) is 1. The van der Waals surface area contributed by atoms with E-state index >= 15 is 0 Å². The number of rotatable bonds is 2. The predicted molar refractivity (Wildman–Crippen MR) is 54.0 cm³/mol. The Morgan fingerprint density at radius 1 is 1.47 bits per heavy atom. The van der Waals surface area contributed by atoms with E-state index in [1.54, 1.807) is 18.3 Å². The summed E-state index contributed by atoms with van der Waals surface area (Å²) in [6.45, 7) is 1.65. The number of benzene rings is 1. The smallest absolute Gasteiger partial charge is 0.236 e. The summed E-state index contributed by atoms with van der Waals surface area (Å²) in [6.07, 6.45) is 1.54. The van der Waals surface area contributed by atoms with Crippen LogP contribution < -0.4 is 14.9 Å². The van der Waals surface area contributed by atoms with Crippen LogP contribution in [-0.2, 0) is 4.79 Å². The number of amides is 1. The highest BCUT2D eigenvalue weighted by atomic mass is 16.7. The zero-order chi connectivity index (χ0) is 10.7. The summed E-state index contributed by atoms with van der Waals surface area (Å²) in [5, 5.41) is 3.75. The van der Waals surface area contributed by atoms with Gasteiger partial charge in [0.1, 0.15) is 0 Å². The molecule has 0 bridgehead atoms. The second kappa shape index (κ2) is 4.00. The first-order valence-electron chi connectivity index (χ1n) is 4.45. The van der Waals surface area contributed by atoms with Crippen LogP contribution in [0.1, 0.15) is 12.5 Å². The molecule has 1 N–H and O–H groups in total. The highest BCUT2D eigenvalue weighted by molar-refractivity contribution is 5.82. The van der Waals surface area contributed by atoms with Gasteiger partial charge in [-0.15, -0.1) is 0 Å². The molecule has 1 heterocycles. The molecule has 0 aromatic heterocycles. The van der Waals surface area contributed by atoms with Crippen LogP contribution in [0.25, 0.3) is 0 Å². The maximum absolute atomic E-state index is 10.6. The van der Waals surface area contributed by atoms with E-state index in [9.17, 15) is 4.79 Å². The molecule has 1 aromatic carbocycles. The summed E-state index contributed by atoms with van der Waals surface area (Å²) in [6, 6.07) is 5.43. The van der Waals surface area contributed by atoms with Crippen LogP contribution in [0.3, 0.4) is 0 Å². The fourth-order valence-corrected chi connectivity index (χ4v) is 1.19. The number of carbonyl (C=O) groups excluding carboxylic acids is 1. The average Bonchev–Trinajstić information content (AvgIpc) is 2.64. The number of fused-ring (bicyclic) bond motifs is 1. The van der Waals surface area contributed by atoms with Gasteiger partial charge in [-0.25, -0.2) is 5.43 Å². The summed E-state index contributed by atoms with van der Waals surface area (Å²) in [7, 11) is 0. The van der Waals surface area contributed by atoms with E-state index in [1.165, 1.54) is 6.92 Å². The fourth-order valence-electron chi connectivity index (χ4n) is 1.19. The van der Waals surface area contributed by atoms with Crippen LogP contribution in [-0.4, -0.2) is 18.9 Å². The number of hydrogen-bond acceptors (Lipinski definition) is 4. The van der Waals surface area contributed by atoms with Gasteiger partial charge in [0, 0.05) is 6.92 Å². The lowest BCUT2D eigenvalue weighted by Gasteiger charge is -1.97. The van der Waals surface area contributed by atoms with E-state index in [-0.39, 0.29) is 12.7 Å². The minimum Gasteiger partial charge on any atom is -0.454 e. The molecule has 0 unspecified atom stereocenters. The van der Waals surface area contributed by atoms with Crippen molar-refractivity contribution in [2.45, 2.75) is 6.92 Å². The van der Waals surface area contributed by atoms with Crippen LogP contribution >= 0.6 is 0 Å². The molecule has 0 saturated carbocycles. The van der Waals surface area contributed by atoms with Gasteiger partial charge in [0.15, 0.2) is 11.5 Å². The molecule has 1 amide bonds. The monoisotopic (exact) mass is 206 g/mol. The van der Waals surface area contributed by atoms with Gasteiger partial charge in [0.05, 0.1) is 6.21 Å². The number of carbonyl (C=O) groups is 1. The largest absolute Gasteiger partial charge is 0.454 e. The van der Waals surface area contributed by atoms with Crippen molar-refractivity contribution in [1.29, 1.82) is 0 Å². The zero-order valence-electron chi connectivity index (χ0n) is 8.19. The first-order valence-corrected chi connectivity index (χ1v) is 4.45. The molecular weight excluding hydrogens is 196 g/mol. The van der Waals surface area contributed by atoms with Gasteiger partial charge in [-0.3, -0.25) is 4.79 Å². The SMILES string of the molecule is CC(=O)N/N=C\c1ccc2c(c1)OCO2. The molecule has 0 fully saturated rings. The normalized spacial score (nSPS) is 13.1. The van der Waals surface area contributed by atoms with Crippen molar-refractivity contribution in [2.75, 3.05) is 6.79 Å². The Hall–Kier alpha value is -2.04. The second-order valence-electron chi connectivity index (χ2n) is 3.04. The summed E-state index contributed by atoms with van der Waals surface area (Å²) in [4.78, 5) is 10.6. The van der Waals surface area contributed by atoms with Gasteiger partial charge in [-0.2, -0.15) is 5.10 Å². The zero-order valence-corrected chi connectivity index (χ0v) is 8.19. The third-order valence-corrected chi connectivity index (χ3v) is 1.83. The van der Waals surface area contributed by atoms with Crippen molar-refractivity contribution in [3.8, 4) is 11.5 Å². The van der Waals surface area contributed by atoms with Gasteiger partial charge >= 0.3 is 0 Å². The summed E-state index contributed by atoms with van der Waals surface area (Å²) in [5.74, 6) is 1.22. The highest BCUT2D eigenvalue weighted by Gasteiger charge is 2.12. The Morgan fingerprint density at radius 2 is 2.27 bits per heavy atom. The summed E-state index contributed by atoms with van der Waals surface area (Å²) >= 11 is 0. The Morgan fingerprint density at radius 3 is 3.07 bits per heavy atom. The van der Waals surface area contributed by atoms with Gasteiger partial charge < -0.3 is 9.47 Å². The molecule has 0 aliphatic carbocycles. The Balaban J connectivity index is 2.10. The topological polar surface area (TPSA) is 59.9 Å². The number of hydrazone groups is 1. The van der Waals surface area contributed by atoms with Crippen LogP contribution in [0.5, 0.6) is 11.5 Å². The van der Waals surface area contributed by atoms with Crippen molar-refractivity contribution in [2.24, 2.45) is 5.10 Å². The Labute approximate surface area is 86.7 Å². The first-order chi connectivity index (χ1) is 7.25. The average molecular weight is 206 g/mol. The lowest BCUT2D eigenvalue weighted by atomic mass is 10.2. The van der Waals surface area contributed by atoms with Crippen molar-refractivity contribution < 1.29 is 14.3 Å². The van der Waals surface area contributed by atoms with Crippen molar-refractivity contribution >= 4 is 12.1 Å². The maximum atomic E-state index is 10.6. The van der Waals surface area contributed by atoms with Crippen LogP contribution in [0.2, 0.25) is 0 Å². The van der Waals surface area contributed by atoms with E-state index in [0.717, 1.165) is 11.3 Å². The third kappa shape index (κ3) is 2.25. The molecule has 0 atom stereocenters. The van der Waals surface area contributed by atoms with E-state index in [2.05, 4.69) is 10.5 Å². The molecule has 1 aliphatic heterocycles. The number of ether oxygens (including phenoxy) is 2. The molecule has 1 aliphatic rings.